The minimum Gasteiger partial charge on any atom is -0.493 e. The molecule has 3 aromatic carbocycles. The van der Waals surface area contributed by atoms with E-state index in [1.54, 1.807) is 42.3 Å². The Balaban J connectivity index is 1.78. The summed E-state index contributed by atoms with van der Waals surface area (Å²) in [5, 5.41) is 0. The molecule has 2 amide bonds. The molecule has 5 nitrogen and oxygen atoms in total. The van der Waals surface area contributed by atoms with Crippen molar-refractivity contribution in [1.29, 1.82) is 0 Å². The molecule has 1 aliphatic heterocycles. The van der Waals surface area contributed by atoms with Gasteiger partial charge in [0.15, 0.2) is 0 Å². The Hall–Kier alpha value is -3.93. The molecule has 6 heteroatoms. The van der Waals surface area contributed by atoms with Gasteiger partial charge in [0.1, 0.15) is 17.3 Å². The van der Waals surface area contributed by atoms with Gasteiger partial charge in [0.05, 0.1) is 17.9 Å². The molecule has 0 fully saturated rings. The zero-order valence-electron chi connectivity index (χ0n) is 18.8. The van der Waals surface area contributed by atoms with Gasteiger partial charge < -0.3 is 9.64 Å². The molecule has 1 heterocycles. The number of carbonyl (C=O) groups is 2. The van der Waals surface area contributed by atoms with E-state index in [4.69, 9.17) is 4.74 Å². The molecule has 0 unspecified atom stereocenters. The molecular formula is C27H25FN2O3. The number of imide groups is 1. The van der Waals surface area contributed by atoms with Crippen LogP contribution in [0.1, 0.15) is 19.4 Å². The van der Waals surface area contributed by atoms with Crippen molar-refractivity contribution < 1.29 is 18.7 Å². The van der Waals surface area contributed by atoms with Crippen LogP contribution in [-0.2, 0) is 9.59 Å². The SMILES string of the molecule is CC(C)COc1ccc(C2=C(N(C)c3ccccc3)C(=O)N(c3cccc(F)c3)C2=O)cc1. The normalized spacial score (nSPS) is 13.8. The van der Waals surface area contributed by atoms with Crippen molar-refractivity contribution in [3.63, 3.8) is 0 Å². The van der Waals surface area contributed by atoms with Crippen molar-refractivity contribution in [3.8, 4) is 5.75 Å². The predicted octanol–water partition coefficient (Wildman–Crippen LogP) is 5.28. The lowest BCUT2D eigenvalue weighted by Gasteiger charge is -2.21. The highest BCUT2D eigenvalue weighted by Gasteiger charge is 2.42. The highest BCUT2D eigenvalue weighted by Crippen LogP contribution is 2.36. The van der Waals surface area contributed by atoms with E-state index in [-0.39, 0.29) is 17.0 Å². The summed E-state index contributed by atoms with van der Waals surface area (Å²) in [6.07, 6.45) is 0. The molecule has 0 radical (unpaired) electrons. The summed E-state index contributed by atoms with van der Waals surface area (Å²) >= 11 is 0. The van der Waals surface area contributed by atoms with Crippen LogP contribution in [0.4, 0.5) is 15.8 Å². The molecule has 0 bridgehead atoms. The number of rotatable bonds is 7. The van der Waals surface area contributed by atoms with E-state index in [1.807, 2.05) is 30.3 Å². The van der Waals surface area contributed by atoms with Crippen molar-refractivity contribution in [2.45, 2.75) is 13.8 Å². The lowest BCUT2D eigenvalue weighted by Crippen LogP contribution is -2.34. The first-order valence-electron chi connectivity index (χ1n) is 10.8. The van der Waals surface area contributed by atoms with E-state index in [9.17, 15) is 14.0 Å². The zero-order valence-corrected chi connectivity index (χ0v) is 18.8. The second-order valence-corrected chi connectivity index (χ2v) is 8.27. The molecule has 0 spiro atoms. The van der Waals surface area contributed by atoms with E-state index >= 15 is 0 Å². The molecule has 0 aliphatic carbocycles. The van der Waals surface area contributed by atoms with Gasteiger partial charge in [0, 0.05) is 12.7 Å². The molecule has 33 heavy (non-hydrogen) atoms. The van der Waals surface area contributed by atoms with Gasteiger partial charge in [0.25, 0.3) is 11.8 Å². The first-order valence-corrected chi connectivity index (χ1v) is 10.8. The molecule has 0 atom stereocenters. The van der Waals surface area contributed by atoms with Crippen LogP contribution in [-0.4, -0.2) is 25.5 Å². The van der Waals surface area contributed by atoms with Gasteiger partial charge in [-0.15, -0.1) is 0 Å². The van der Waals surface area contributed by atoms with Crippen LogP contribution in [0.3, 0.4) is 0 Å². The monoisotopic (exact) mass is 444 g/mol. The molecule has 3 aromatic rings. The fourth-order valence-corrected chi connectivity index (χ4v) is 3.70. The van der Waals surface area contributed by atoms with Crippen LogP contribution in [0.5, 0.6) is 5.75 Å². The highest BCUT2D eigenvalue weighted by molar-refractivity contribution is 6.46. The molecule has 0 N–H and O–H groups in total. The molecule has 0 aromatic heterocycles. The van der Waals surface area contributed by atoms with Gasteiger partial charge in [-0.25, -0.2) is 9.29 Å². The Morgan fingerprint density at radius 1 is 0.909 bits per heavy atom. The predicted molar refractivity (Wildman–Crippen MR) is 127 cm³/mol. The van der Waals surface area contributed by atoms with Gasteiger partial charge >= 0.3 is 0 Å². The van der Waals surface area contributed by atoms with E-state index in [2.05, 4.69) is 13.8 Å². The maximum absolute atomic E-state index is 13.9. The molecule has 0 saturated heterocycles. The maximum Gasteiger partial charge on any atom is 0.282 e. The number of ether oxygens (including phenoxy) is 1. The largest absolute Gasteiger partial charge is 0.493 e. The Bertz CT molecular complexity index is 1200. The van der Waals surface area contributed by atoms with Crippen LogP contribution >= 0.6 is 0 Å². The maximum atomic E-state index is 13.9. The van der Waals surface area contributed by atoms with E-state index in [0.29, 0.717) is 23.8 Å². The average Bonchev–Trinajstić information content (AvgIpc) is 3.08. The van der Waals surface area contributed by atoms with Gasteiger partial charge in [-0.2, -0.15) is 0 Å². The number of nitrogens with zero attached hydrogens (tertiary/aromatic N) is 2. The summed E-state index contributed by atoms with van der Waals surface area (Å²) in [7, 11) is 1.74. The average molecular weight is 445 g/mol. The van der Waals surface area contributed by atoms with Gasteiger partial charge in [-0.1, -0.05) is 50.2 Å². The third kappa shape index (κ3) is 4.51. The number of para-hydroxylation sites is 1. The number of hydrogen-bond donors (Lipinski definition) is 0. The lowest BCUT2D eigenvalue weighted by molar-refractivity contribution is -0.120. The number of likely N-dealkylation sites (N-methyl/N-ethyl adjacent to an activating group) is 1. The Kier molecular flexibility index (Phi) is 6.27. The van der Waals surface area contributed by atoms with Crippen LogP contribution < -0.4 is 14.5 Å². The zero-order chi connectivity index (χ0) is 23.5. The van der Waals surface area contributed by atoms with E-state index in [1.165, 1.54) is 18.2 Å². The summed E-state index contributed by atoms with van der Waals surface area (Å²) < 4.78 is 19.7. The van der Waals surface area contributed by atoms with E-state index in [0.717, 1.165) is 10.6 Å². The minimum atomic E-state index is -0.522. The standard InChI is InChI=1S/C27H25FN2O3/c1-18(2)17-33-23-14-12-19(13-15-23)24-25(29(3)21-9-5-4-6-10-21)27(32)30(26(24)31)22-11-7-8-20(28)16-22/h4-16,18H,17H2,1-3H3. The van der Waals surface area contributed by atoms with Crippen molar-refractivity contribution in [2.24, 2.45) is 5.92 Å². The van der Waals surface area contributed by atoms with Crippen molar-refractivity contribution >= 4 is 28.8 Å². The minimum absolute atomic E-state index is 0.191. The van der Waals surface area contributed by atoms with Crippen LogP contribution in [0.25, 0.3) is 5.57 Å². The summed E-state index contributed by atoms with van der Waals surface area (Å²) in [4.78, 5) is 29.8. The summed E-state index contributed by atoms with van der Waals surface area (Å²) in [5.74, 6) is -0.463. The summed E-state index contributed by atoms with van der Waals surface area (Å²) in [5.41, 5.74) is 2.01. The number of halogens is 1. The molecule has 4 rings (SSSR count). The number of amides is 2. The van der Waals surface area contributed by atoms with Gasteiger partial charge in [-0.3, -0.25) is 9.59 Å². The topological polar surface area (TPSA) is 49.9 Å². The first-order chi connectivity index (χ1) is 15.9. The fraction of sp³-hybridized carbons (Fsp3) is 0.185. The number of anilines is 2. The number of carbonyl (C=O) groups excluding carboxylic acids is 2. The van der Waals surface area contributed by atoms with Crippen LogP contribution in [0.15, 0.2) is 84.6 Å². The molecule has 168 valence electrons. The second-order valence-electron chi connectivity index (χ2n) is 8.27. The smallest absolute Gasteiger partial charge is 0.282 e. The molecule has 1 aliphatic rings. The molecular weight excluding hydrogens is 419 g/mol. The second kappa shape index (κ2) is 9.28. The third-order valence-electron chi connectivity index (χ3n) is 5.33. The Labute approximate surface area is 192 Å². The number of benzene rings is 3. The Morgan fingerprint density at radius 3 is 2.24 bits per heavy atom. The Morgan fingerprint density at radius 2 is 1.61 bits per heavy atom. The third-order valence-corrected chi connectivity index (χ3v) is 5.33. The van der Waals surface area contributed by atoms with Crippen LogP contribution in [0.2, 0.25) is 0 Å². The quantitative estimate of drug-likeness (QED) is 0.465. The fourth-order valence-electron chi connectivity index (χ4n) is 3.70. The first kappa shape index (κ1) is 22.3. The van der Waals surface area contributed by atoms with Crippen molar-refractivity contribution in [1.82, 2.24) is 0 Å². The molecule has 0 saturated carbocycles. The highest BCUT2D eigenvalue weighted by atomic mass is 19.1. The van der Waals surface area contributed by atoms with Crippen molar-refractivity contribution in [2.75, 3.05) is 23.5 Å². The van der Waals surface area contributed by atoms with E-state index < -0.39 is 17.6 Å². The number of hydrogen-bond acceptors (Lipinski definition) is 4. The van der Waals surface area contributed by atoms with Gasteiger partial charge in [-0.05, 0) is 53.9 Å². The van der Waals surface area contributed by atoms with Crippen molar-refractivity contribution in [3.05, 3.63) is 95.9 Å². The summed E-state index contributed by atoms with van der Waals surface area (Å²) in [6.45, 7) is 4.71. The van der Waals surface area contributed by atoms with Gasteiger partial charge in [0.2, 0.25) is 0 Å². The summed E-state index contributed by atoms with van der Waals surface area (Å²) in [6, 6.07) is 21.9. The lowest BCUT2D eigenvalue weighted by atomic mass is 10.0. The van der Waals surface area contributed by atoms with Crippen LogP contribution in [0, 0.1) is 11.7 Å².